The lowest BCUT2D eigenvalue weighted by Gasteiger charge is -2.05. The van der Waals surface area contributed by atoms with Crippen molar-refractivity contribution < 1.29 is 4.74 Å². The van der Waals surface area contributed by atoms with Crippen LogP contribution in [0, 0.1) is 0 Å². The third-order valence-corrected chi connectivity index (χ3v) is 3.94. The molecular weight excluding hydrogens is 242 g/mol. The molecule has 1 N–H and O–H groups in total. The monoisotopic (exact) mass is 263 g/mol. The Kier molecular flexibility index (Phi) is 5.65. The highest BCUT2D eigenvalue weighted by Crippen LogP contribution is 2.25. The number of fused-ring (bicyclic) bond motifs is 1. The lowest BCUT2D eigenvalue weighted by atomic mass is 10.1. The van der Waals surface area contributed by atoms with Gasteiger partial charge in [-0.05, 0) is 41.8 Å². The van der Waals surface area contributed by atoms with Gasteiger partial charge in [0.1, 0.15) is 0 Å². The molecule has 2 aromatic rings. The molecule has 1 aromatic heterocycles. The summed E-state index contributed by atoms with van der Waals surface area (Å²) in [6, 6.07) is 8.58. The van der Waals surface area contributed by atoms with E-state index in [1.54, 1.807) is 0 Å². The third-order valence-electron chi connectivity index (χ3n) is 2.93. The molecule has 2 nitrogen and oxygen atoms in total. The number of rotatable bonds is 8. The van der Waals surface area contributed by atoms with Crippen LogP contribution in [0.3, 0.4) is 0 Å². The second-order valence-corrected chi connectivity index (χ2v) is 5.28. The van der Waals surface area contributed by atoms with Crippen molar-refractivity contribution in [2.45, 2.75) is 19.8 Å². The Morgan fingerprint density at radius 2 is 2.06 bits per heavy atom. The number of benzene rings is 1. The maximum atomic E-state index is 5.64. The van der Waals surface area contributed by atoms with Gasteiger partial charge in [-0.15, -0.1) is 11.3 Å². The fourth-order valence-corrected chi connectivity index (χ4v) is 2.95. The van der Waals surface area contributed by atoms with Crippen LogP contribution in [-0.4, -0.2) is 26.3 Å². The van der Waals surface area contributed by atoms with E-state index in [0.29, 0.717) is 0 Å². The van der Waals surface area contributed by atoms with Gasteiger partial charge in [-0.1, -0.05) is 25.1 Å². The average Bonchev–Trinajstić information content (AvgIpc) is 2.81. The fraction of sp³-hybridized carbons (Fsp3) is 0.467. The first kappa shape index (κ1) is 13.5. The molecule has 0 spiro atoms. The molecule has 0 aliphatic heterocycles. The van der Waals surface area contributed by atoms with E-state index in [1.807, 2.05) is 11.3 Å². The summed E-state index contributed by atoms with van der Waals surface area (Å²) in [5, 5.41) is 6.97. The summed E-state index contributed by atoms with van der Waals surface area (Å²) < 4.78 is 7.02. The standard InChI is InChI=1S/C15H21NOS/c1-2-8-16-9-11-17-10-7-13-12-18-15-6-4-3-5-14(13)15/h3-6,12,16H,2,7-11H2,1H3. The van der Waals surface area contributed by atoms with Gasteiger partial charge in [0, 0.05) is 11.2 Å². The summed E-state index contributed by atoms with van der Waals surface area (Å²) in [6.07, 6.45) is 2.19. The number of thiophene rings is 1. The molecule has 2 rings (SSSR count). The molecule has 0 amide bonds. The molecule has 0 aliphatic rings. The predicted molar refractivity (Wildman–Crippen MR) is 79.5 cm³/mol. The van der Waals surface area contributed by atoms with Crippen LogP contribution >= 0.6 is 11.3 Å². The van der Waals surface area contributed by atoms with E-state index < -0.39 is 0 Å². The third kappa shape index (κ3) is 3.80. The lowest BCUT2D eigenvalue weighted by molar-refractivity contribution is 0.139. The quantitative estimate of drug-likeness (QED) is 0.736. The van der Waals surface area contributed by atoms with E-state index in [4.69, 9.17) is 4.74 Å². The van der Waals surface area contributed by atoms with Gasteiger partial charge in [0.15, 0.2) is 0 Å². The van der Waals surface area contributed by atoms with Gasteiger partial charge in [0.2, 0.25) is 0 Å². The maximum absolute atomic E-state index is 5.64. The van der Waals surface area contributed by atoms with Crippen molar-refractivity contribution in [3.05, 3.63) is 35.2 Å². The minimum atomic E-state index is 0.808. The van der Waals surface area contributed by atoms with Crippen molar-refractivity contribution in [1.82, 2.24) is 5.32 Å². The van der Waals surface area contributed by atoms with Crippen LogP contribution in [0.25, 0.3) is 10.1 Å². The summed E-state index contributed by atoms with van der Waals surface area (Å²) in [5.74, 6) is 0. The lowest BCUT2D eigenvalue weighted by Crippen LogP contribution is -2.20. The molecule has 18 heavy (non-hydrogen) atoms. The number of nitrogens with one attached hydrogen (secondary N) is 1. The van der Waals surface area contributed by atoms with Crippen molar-refractivity contribution in [3.63, 3.8) is 0 Å². The Morgan fingerprint density at radius 3 is 2.94 bits per heavy atom. The summed E-state index contributed by atoms with van der Waals surface area (Å²) >= 11 is 1.82. The zero-order valence-corrected chi connectivity index (χ0v) is 11.8. The van der Waals surface area contributed by atoms with Gasteiger partial charge in [0.25, 0.3) is 0 Å². The van der Waals surface area contributed by atoms with Crippen LogP contribution in [0.4, 0.5) is 0 Å². The van der Waals surface area contributed by atoms with Gasteiger partial charge >= 0.3 is 0 Å². The molecule has 0 bridgehead atoms. The van der Waals surface area contributed by atoms with Gasteiger partial charge in [0.05, 0.1) is 13.2 Å². The molecule has 1 heterocycles. The predicted octanol–water partition coefficient (Wildman–Crippen LogP) is 3.46. The Balaban J connectivity index is 1.70. The van der Waals surface area contributed by atoms with Crippen molar-refractivity contribution in [2.75, 3.05) is 26.3 Å². The van der Waals surface area contributed by atoms with Crippen LogP contribution < -0.4 is 5.32 Å². The molecule has 98 valence electrons. The number of hydrogen-bond acceptors (Lipinski definition) is 3. The van der Waals surface area contributed by atoms with Crippen LogP contribution in [0.5, 0.6) is 0 Å². The van der Waals surface area contributed by atoms with Crippen LogP contribution in [0.2, 0.25) is 0 Å². The van der Waals surface area contributed by atoms with E-state index >= 15 is 0 Å². The summed E-state index contributed by atoms with van der Waals surface area (Å²) in [4.78, 5) is 0. The smallest absolute Gasteiger partial charge is 0.0591 e. The minimum Gasteiger partial charge on any atom is -0.380 e. The van der Waals surface area contributed by atoms with Crippen molar-refractivity contribution in [1.29, 1.82) is 0 Å². The van der Waals surface area contributed by atoms with Crippen LogP contribution in [-0.2, 0) is 11.2 Å². The first-order valence-electron chi connectivity index (χ1n) is 6.65. The normalized spacial score (nSPS) is 11.2. The summed E-state index contributed by atoms with van der Waals surface area (Å²) in [5.41, 5.74) is 1.41. The average molecular weight is 263 g/mol. The molecule has 0 radical (unpaired) electrons. The van der Waals surface area contributed by atoms with Crippen molar-refractivity contribution in [3.8, 4) is 0 Å². The number of ether oxygens (including phenoxy) is 1. The molecule has 0 atom stereocenters. The fourth-order valence-electron chi connectivity index (χ4n) is 1.96. The van der Waals surface area contributed by atoms with E-state index in [2.05, 4.69) is 41.9 Å². The molecule has 0 fully saturated rings. The van der Waals surface area contributed by atoms with Gasteiger partial charge in [-0.2, -0.15) is 0 Å². The Hall–Kier alpha value is -0.900. The number of hydrogen-bond donors (Lipinski definition) is 1. The second kappa shape index (κ2) is 7.52. The van der Waals surface area contributed by atoms with E-state index in [9.17, 15) is 0 Å². The highest BCUT2D eigenvalue weighted by Gasteiger charge is 2.02. The zero-order chi connectivity index (χ0) is 12.6. The summed E-state index contributed by atoms with van der Waals surface area (Å²) in [7, 11) is 0. The Bertz CT molecular complexity index is 466. The topological polar surface area (TPSA) is 21.3 Å². The van der Waals surface area contributed by atoms with Gasteiger partial charge in [-0.25, -0.2) is 0 Å². The van der Waals surface area contributed by atoms with E-state index in [-0.39, 0.29) is 0 Å². The molecule has 0 aliphatic carbocycles. The first-order chi connectivity index (χ1) is 8.92. The molecule has 0 saturated heterocycles. The van der Waals surface area contributed by atoms with Crippen molar-refractivity contribution in [2.24, 2.45) is 0 Å². The molecule has 3 heteroatoms. The maximum Gasteiger partial charge on any atom is 0.0591 e. The largest absolute Gasteiger partial charge is 0.380 e. The SMILES string of the molecule is CCCNCCOCCc1csc2ccccc12. The zero-order valence-electron chi connectivity index (χ0n) is 10.9. The highest BCUT2D eigenvalue weighted by molar-refractivity contribution is 7.17. The summed E-state index contributed by atoms with van der Waals surface area (Å²) in [6.45, 7) is 5.84. The highest BCUT2D eigenvalue weighted by atomic mass is 32.1. The van der Waals surface area contributed by atoms with Crippen LogP contribution in [0.1, 0.15) is 18.9 Å². The van der Waals surface area contributed by atoms with Gasteiger partial charge in [-0.3, -0.25) is 0 Å². The Labute approximate surface area is 113 Å². The van der Waals surface area contributed by atoms with Crippen molar-refractivity contribution >= 4 is 21.4 Å². The minimum absolute atomic E-state index is 0.808. The van der Waals surface area contributed by atoms with E-state index in [1.165, 1.54) is 22.1 Å². The van der Waals surface area contributed by atoms with Crippen LogP contribution in [0.15, 0.2) is 29.6 Å². The van der Waals surface area contributed by atoms with E-state index in [0.717, 1.165) is 32.7 Å². The molecule has 0 unspecified atom stereocenters. The molecule has 1 aromatic carbocycles. The molecular formula is C15H21NOS. The van der Waals surface area contributed by atoms with Gasteiger partial charge < -0.3 is 10.1 Å². The first-order valence-corrected chi connectivity index (χ1v) is 7.53. The molecule has 0 saturated carbocycles. The Morgan fingerprint density at radius 1 is 1.17 bits per heavy atom. The second-order valence-electron chi connectivity index (χ2n) is 4.37.